The molecule has 2 N–H and O–H groups in total. The van der Waals surface area contributed by atoms with Crippen molar-refractivity contribution >= 4 is 28.4 Å². The van der Waals surface area contributed by atoms with Crippen LogP contribution in [0.1, 0.15) is 18.4 Å². The van der Waals surface area contributed by atoms with Crippen LogP contribution in [-0.2, 0) is 23.6 Å². The third-order valence-corrected chi connectivity index (χ3v) is 6.02. The standard InChI is InChI=1S/C21H26N4O6S/c1-24-19(27)17(20(28)25(2)21(24)29)18(23-13-6-8-14(30-3)9-7-13)32-12-16(26)22-11-15-5-4-10-31-15/h6-9,15,27H,4-5,10-12H2,1-3H3,(H,22,26)/t15-/m0/s1. The third-order valence-electron chi connectivity index (χ3n) is 5.04. The quantitative estimate of drug-likeness (QED) is 0.463. The summed E-state index contributed by atoms with van der Waals surface area (Å²) in [5.74, 6) is -0.174. The molecule has 32 heavy (non-hydrogen) atoms. The molecule has 0 aliphatic carbocycles. The van der Waals surface area contributed by atoms with Gasteiger partial charge >= 0.3 is 5.69 Å². The Kier molecular flexibility index (Phi) is 7.75. The third kappa shape index (κ3) is 5.40. The summed E-state index contributed by atoms with van der Waals surface area (Å²) in [7, 11) is 4.21. The number of nitrogens with one attached hydrogen (secondary N) is 1. The van der Waals surface area contributed by atoms with Crippen molar-refractivity contribution in [1.82, 2.24) is 14.5 Å². The van der Waals surface area contributed by atoms with Crippen LogP contribution in [0, 0.1) is 0 Å². The van der Waals surface area contributed by atoms with Crippen LogP contribution in [0.25, 0.3) is 0 Å². The van der Waals surface area contributed by atoms with Gasteiger partial charge in [-0.05, 0) is 37.1 Å². The van der Waals surface area contributed by atoms with Crippen molar-refractivity contribution in [2.75, 3.05) is 26.0 Å². The van der Waals surface area contributed by atoms with Crippen LogP contribution in [0.5, 0.6) is 11.6 Å². The topological polar surface area (TPSA) is 124 Å². The summed E-state index contributed by atoms with van der Waals surface area (Å²) in [6, 6.07) is 6.77. The van der Waals surface area contributed by atoms with E-state index in [2.05, 4.69) is 10.3 Å². The second-order valence-electron chi connectivity index (χ2n) is 7.25. The van der Waals surface area contributed by atoms with E-state index in [0.29, 0.717) is 24.6 Å². The van der Waals surface area contributed by atoms with Crippen molar-refractivity contribution in [2.45, 2.75) is 18.9 Å². The second-order valence-corrected chi connectivity index (χ2v) is 8.21. The molecular weight excluding hydrogens is 436 g/mol. The monoisotopic (exact) mass is 462 g/mol. The molecule has 0 spiro atoms. The Morgan fingerprint density at radius 2 is 2.00 bits per heavy atom. The summed E-state index contributed by atoms with van der Waals surface area (Å²) >= 11 is 0.999. The largest absolute Gasteiger partial charge is 0.497 e. The molecule has 0 saturated carbocycles. The van der Waals surface area contributed by atoms with Gasteiger partial charge in [-0.15, -0.1) is 0 Å². The highest BCUT2D eigenvalue weighted by Crippen LogP contribution is 2.24. The Morgan fingerprint density at radius 3 is 2.62 bits per heavy atom. The second kappa shape index (κ2) is 10.5. The predicted octanol–water partition coefficient (Wildman–Crippen LogP) is 0.905. The number of methoxy groups -OCH3 is 1. The van der Waals surface area contributed by atoms with E-state index in [-0.39, 0.29) is 28.4 Å². The Morgan fingerprint density at radius 1 is 1.28 bits per heavy atom. The average Bonchev–Trinajstić information content (AvgIpc) is 3.32. The molecule has 10 nitrogen and oxygen atoms in total. The normalized spacial score (nSPS) is 16.2. The lowest BCUT2D eigenvalue weighted by Crippen LogP contribution is -2.40. The van der Waals surface area contributed by atoms with Crippen molar-refractivity contribution in [1.29, 1.82) is 0 Å². The first-order valence-electron chi connectivity index (χ1n) is 10.0. The molecule has 3 rings (SSSR count). The molecule has 1 fully saturated rings. The molecule has 11 heteroatoms. The average molecular weight is 463 g/mol. The van der Waals surface area contributed by atoms with E-state index in [0.717, 1.165) is 33.7 Å². The van der Waals surface area contributed by atoms with Gasteiger partial charge in [-0.2, -0.15) is 0 Å². The molecule has 1 atom stereocenters. The minimum Gasteiger partial charge on any atom is -0.497 e. The van der Waals surface area contributed by atoms with Crippen LogP contribution in [0.3, 0.4) is 0 Å². The maximum atomic E-state index is 12.8. The van der Waals surface area contributed by atoms with Crippen LogP contribution < -0.4 is 21.3 Å². The Labute approximate surface area is 188 Å². The van der Waals surface area contributed by atoms with Gasteiger partial charge in [-0.1, -0.05) is 11.8 Å². The number of aromatic nitrogens is 2. The number of amides is 1. The van der Waals surface area contributed by atoms with E-state index in [9.17, 15) is 19.5 Å². The molecule has 2 aromatic rings. The number of ether oxygens (including phenoxy) is 2. The van der Waals surface area contributed by atoms with Crippen molar-refractivity contribution in [3.8, 4) is 11.6 Å². The molecule has 1 saturated heterocycles. The maximum Gasteiger partial charge on any atom is 0.333 e. The SMILES string of the molecule is COc1ccc(N=C(SCC(=O)NC[C@@H]2CCCO2)c2c(O)n(C)c(=O)n(C)c2=O)cc1. The minimum absolute atomic E-state index is 0.0105. The van der Waals surface area contributed by atoms with E-state index in [1.54, 1.807) is 31.4 Å². The zero-order chi connectivity index (χ0) is 23.3. The highest BCUT2D eigenvalue weighted by atomic mass is 32.2. The number of carbonyl (C=O) groups excluding carboxylic acids is 1. The molecule has 0 bridgehead atoms. The highest BCUT2D eigenvalue weighted by molar-refractivity contribution is 8.15. The van der Waals surface area contributed by atoms with Crippen molar-refractivity contribution < 1.29 is 19.4 Å². The molecule has 1 amide bonds. The number of aliphatic imine (C=N–C) groups is 1. The first-order valence-corrected chi connectivity index (χ1v) is 11.0. The highest BCUT2D eigenvalue weighted by Gasteiger charge is 2.22. The predicted molar refractivity (Wildman–Crippen MR) is 122 cm³/mol. The van der Waals surface area contributed by atoms with E-state index in [4.69, 9.17) is 9.47 Å². The number of hydrogen-bond acceptors (Lipinski definition) is 8. The van der Waals surface area contributed by atoms with Crippen molar-refractivity contribution in [3.63, 3.8) is 0 Å². The lowest BCUT2D eigenvalue weighted by Gasteiger charge is -2.13. The summed E-state index contributed by atoms with van der Waals surface area (Å²) in [6.07, 6.45) is 1.89. The Bertz CT molecular complexity index is 1120. The van der Waals surface area contributed by atoms with Crippen LogP contribution in [0.15, 0.2) is 38.8 Å². The van der Waals surface area contributed by atoms with E-state index in [1.165, 1.54) is 14.1 Å². The smallest absolute Gasteiger partial charge is 0.333 e. The number of rotatable bonds is 7. The summed E-state index contributed by atoms with van der Waals surface area (Å²) in [5.41, 5.74) is -1.03. The molecule has 2 heterocycles. The van der Waals surface area contributed by atoms with Crippen LogP contribution in [0.4, 0.5) is 5.69 Å². The molecule has 1 aliphatic rings. The molecule has 0 unspecified atom stereocenters. The molecule has 0 radical (unpaired) electrons. The molecule has 172 valence electrons. The van der Waals surface area contributed by atoms with Gasteiger partial charge in [0.1, 0.15) is 16.4 Å². The first-order chi connectivity index (χ1) is 15.3. The molecule has 1 aromatic heterocycles. The van der Waals surface area contributed by atoms with Gasteiger partial charge < -0.3 is 19.9 Å². The first kappa shape index (κ1) is 23.6. The lowest BCUT2D eigenvalue weighted by atomic mass is 10.2. The summed E-state index contributed by atoms with van der Waals surface area (Å²) in [5, 5.41) is 13.5. The fourth-order valence-corrected chi connectivity index (χ4v) is 4.04. The van der Waals surface area contributed by atoms with Crippen molar-refractivity contribution in [3.05, 3.63) is 50.7 Å². The molecular formula is C21H26N4O6S. The summed E-state index contributed by atoms with van der Waals surface area (Å²) in [6.45, 7) is 1.11. The number of nitrogens with zero attached hydrogens (tertiary/aromatic N) is 3. The van der Waals surface area contributed by atoms with Gasteiger partial charge in [-0.25, -0.2) is 9.79 Å². The van der Waals surface area contributed by atoms with Gasteiger partial charge in [0.25, 0.3) is 5.56 Å². The van der Waals surface area contributed by atoms with E-state index < -0.39 is 17.1 Å². The Balaban J connectivity index is 1.90. The van der Waals surface area contributed by atoms with E-state index in [1.807, 2.05) is 0 Å². The number of carbonyl (C=O) groups is 1. The number of benzene rings is 1. The molecule has 1 aromatic carbocycles. The van der Waals surface area contributed by atoms with Gasteiger partial charge in [0.2, 0.25) is 11.8 Å². The molecule has 1 aliphatic heterocycles. The van der Waals surface area contributed by atoms with Gasteiger partial charge in [0.15, 0.2) is 0 Å². The minimum atomic E-state index is -0.704. The van der Waals surface area contributed by atoms with Crippen molar-refractivity contribution in [2.24, 2.45) is 19.1 Å². The maximum absolute atomic E-state index is 12.8. The van der Waals surface area contributed by atoms with Gasteiger partial charge in [0, 0.05) is 27.2 Å². The number of thioether (sulfide) groups is 1. The van der Waals surface area contributed by atoms with Gasteiger partial charge in [0.05, 0.1) is 24.7 Å². The van der Waals surface area contributed by atoms with Gasteiger partial charge in [-0.3, -0.25) is 18.7 Å². The number of hydrogen-bond donors (Lipinski definition) is 2. The fourth-order valence-electron chi connectivity index (χ4n) is 3.17. The van der Waals surface area contributed by atoms with Crippen LogP contribution >= 0.6 is 11.8 Å². The number of aromatic hydroxyl groups is 1. The van der Waals surface area contributed by atoms with Crippen LogP contribution in [0.2, 0.25) is 0 Å². The summed E-state index contributed by atoms with van der Waals surface area (Å²) < 4.78 is 12.5. The fraction of sp³-hybridized carbons (Fsp3) is 0.429. The Hall–Kier alpha value is -3.05. The zero-order valence-corrected chi connectivity index (χ0v) is 19.0. The van der Waals surface area contributed by atoms with E-state index >= 15 is 0 Å². The summed E-state index contributed by atoms with van der Waals surface area (Å²) in [4.78, 5) is 41.8. The van der Waals surface area contributed by atoms with Crippen LogP contribution in [-0.4, -0.2) is 57.3 Å². The lowest BCUT2D eigenvalue weighted by molar-refractivity contribution is -0.119. The zero-order valence-electron chi connectivity index (χ0n) is 18.2.